The van der Waals surface area contributed by atoms with Crippen molar-refractivity contribution in [3.8, 4) is 17.2 Å². The lowest BCUT2D eigenvalue weighted by molar-refractivity contribution is -0.134. The van der Waals surface area contributed by atoms with Crippen LogP contribution in [0.4, 0.5) is 5.69 Å². The summed E-state index contributed by atoms with van der Waals surface area (Å²) in [6.45, 7) is 1.91. The zero-order valence-electron chi connectivity index (χ0n) is 19.6. The van der Waals surface area contributed by atoms with Gasteiger partial charge in [-0.3, -0.25) is 14.7 Å². The van der Waals surface area contributed by atoms with Gasteiger partial charge in [0.2, 0.25) is 5.91 Å². The maximum absolute atomic E-state index is 13.5. The van der Waals surface area contributed by atoms with Crippen LogP contribution in [0.3, 0.4) is 0 Å². The van der Waals surface area contributed by atoms with Crippen LogP contribution >= 0.6 is 11.3 Å². The number of carbonyl (C=O) groups excluding carboxylic acids is 1. The lowest BCUT2D eigenvalue weighted by Gasteiger charge is -2.40. The molecule has 9 heteroatoms. The van der Waals surface area contributed by atoms with Gasteiger partial charge in [-0.1, -0.05) is 30.3 Å². The van der Waals surface area contributed by atoms with Crippen molar-refractivity contribution in [2.24, 2.45) is 28.2 Å². The van der Waals surface area contributed by atoms with Crippen LogP contribution in [0, 0.1) is 17.2 Å². The second-order valence-electron chi connectivity index (χ2n) is 8.53. The number of anilines is 1. The maximum atomic E-state index is 13.5. The molecule has 35 heavy (non-hydrogen) atoms. The molecule has 4 rings (SSSR count). The van der Waals surface area contributed by atoms with E-state index in [0.717, 1.165) is 21.7 Å². The fourth-order valence-corrected chi connectivity index (χ4v) is 5.30. The van der Waals surface area contributed by atoms with E-state index >= 15 is 0 Å². The second-order valence-corrected chi connectivity index (χ2v) is 9.44. The number of hydrogen-bond acceptors (Lipinski definition) is 8. The number of rotatable bonds is 6. The van der Waals surface area contributed by atoms with Crippen LogP contribution in [0.25, 0.3) is 11.1 Å². The van der Waals surface area contributed by atoms with Crippen LogP contribution in [0.15, 0.2) is 82.9 Å². The first-order chi connectivity index (χ1) is 16.8. The van der Waals surface area contributed by atoms with Crippen molar-refractivity contribution in [3.05, 3.63) is 88.4 Å². The van der Waals surface area contributed by atoms with Crippen molar-refractivity contribution in [3.63, 3.8) is 0 Å². The summed E-state index contributed by atoms with van der Waals surface area (Å²) < 4.78 is 0. The largest absolute Gasteiger partial charge is 0.403 e. The Hall–Kier alpha value is -4.13. The van der Waals surface area contributed by atoms with Crippen LogP contribution < -0.4 is 22.3 Å². The Kier molecular flexibility index (Phi) is 6.60. The number of guanidine groups is 1. The molecule has 1 aliphatic heterocycles. The SMILES string of the molecule is CN1C(=O)C(C/C(=C/N)N(N)c2ccccc2)[C@@](C)(c2cc(-c3cccc(C#N)c3)cs2)N=C1N. The third kappa shape index (κ3) is 4.49. The smallest absolute Gasteiger partial charge is 0.235 e. The Morgan fingerprint density at radius 3 is 2.66 bits per heavy atom. The second kappa shape index (κ2) is 9.62. The number of nitrogens with two attached hydrogens (primary N) is 3. The molecule has 2 atom stereocenters. The Balaban J connectivity index is 1.73. The molecule has 2 aromatic carbocycles. The summed E-state index contributed by atoms with van der Waals surface area (Å²) in [7, 11) is 1.62. The van der Waals surface area contributed by atoms with Gasteiger partial charge in [-0.15, -0.1) is 11.3 Å². The molecule has 8 nitrogen and oxygen atoms in total. The van der Waals surface area contributed by atoms with Crippen molar-refractivity contribution in [2.45, 2.75) is 18.9 Å². The summed E-state index contributed by atoms with van der Waals surface area (Å²) in [5, 5.41) is 12.8. The van der Waals surface area contributed by atoms with Gasteiger partial charge in [-0.05, 0) is 53.8 Å². The molecule has 0 radical (unpaired) electrons. The Morgan fingerprint density at radius 1 is 1.23 bits per heavy atom. The average molecular weight is 486 g/mol. The summed E-state index contributed by atoms with van der Waals surface area (Å²) in [6, 6.07) is 21.0. The fraction of sp³-hybridized carbons (Fsp3) is 0.192. The van der Waals surface area contributed by atoms with Gasteiger partial charge in [0, 0.05) is 24.5 Å². The van der Waals surface area contributed by atoms with E-state index < -0.39 is 11.5 Å². The quantitative estimate of drug-likeness (QED) is 0.361. The Morgan fingerprint density at radius 2 is 1.97 bits per heavy atom. The van der Waals surface area contributed by atoms with E-state index in [1.54, 1.807) is 13.1 Å². The van der Waals surface area contributed by atoms with Crippen molar-refractivity contribution in [1.82, 2.24) is 4.90 Å². The van der Waals surface area contributed by atoms with Gasteiger partial charge in [0.1, 0.15) is 5.54 Å². The van der Waals surface area contributed by atoms with Crippen LogP contribution in [0.2, 0.25) is 0 Å². The first kappa shape index (κ1) is 24.0. The van der Waals surface area contributed by atoms with Crippen LogP contribution in [0.5, 0.6) is 0 Å². The predicted molar refractivity (Wildman–Crippen MR) is 140 cm³/mol. The lowest BCUT2D eigenvalue weighted by atomic mass is 9.79. The van der Waals surface area contributed by atoms with Crippen molar-refractivity contribution in [1.29, 1.82) is 5.26 Å². The molecule has 0 saturated heterocycles. The molecule has 6 N–H and O–H groups in total. The number of hydrazine groups is 1. The molecule has 0 saturated carbocycles. The van der Waals surface area contributed by atoms with Gasteiger partial charge in [-0.25, -0.2) is 10.8 Å². The number of amides is 1. The van der Waals surface area contributed by atoms with Crippen LogP contribution in [0.1, 0.15) is 23.8 Å². The summed E-state index contributed by atoms with van der Waals surface area (Å²) in [6.07, 6.45) is 1.69. The van der Waals surface area contributed by atoms with E-state index in [2.05, 4.69) is 6.07 Å². The minimum absolute atomic E-state index is 0.154. The number of aliphatic imine (C=N–C) groups is 1. The van der Waals surface area contributed by atoms with Crippen molar-refractivity contribution in [2.75, 3.05) is 12.1 Å². The highest BCUT2D eigenvalue weighted by molar-refractivity contribution is 7.10. The fourth-order valence-electron chi connectivity index (χ4n) is 4.22. The molecule has 0 aliphatic carbocycles. The molecule has 1 aliphatic rings. The van der Waals surface area contributed by atoms with Gasteiger partial charge < -0.3 is 11.5 Å². The van der Waals surface area contributed by atoms with E-state index in [-0.39, 0.29) is 18.3 Å². The summed E-state index contributed by atoms with van der Waals surface area (Å²) >= 11 is 1.50. The van der Waals surface area contributed by atoms with Crippen molar-refractivity contribution < 1.29 is 4.79 Å². The number of carbonyl (C=O) groups is 1. The van der Waals surface area contributed by atoms with Gasteiger partial charge in [0.05, 0.1) is 28.9 Å². The predicted octanol–water partition coefficient (Wildman–Crippen LogP) is 3.48. The Labute approximate surface area is 208 Å². The standard InChI is InChI=1S/C26H27N7OS/c1-26(23-12-19(16-35-23)18-8-6-7-17(11-18)14-27)22(24(34)32(2)25(29)31-26)13-21(15-28)33(30)20-9-4-3-5-10-20/h3-12,15-16,22H,13,28,30H2,1-2H3,(H2,29,31)/b21-15-/t22?,26-/m0/s1. The first-order valence-electron chi connectivity index (χ1n) is 11.0. The number of para-hydroxylation sites is 1. The molecule has 1 unspecified atom stereocenters. The molecule has 178 valence electrons. The van der Waals surface area contributed by atoms with Crippen LogP contribution in [-0.4, -0.2) is 23.8 Å². The number of benzene rings is 2. The summed E-state index contributed by atoms with van der Waals surface area (Å²) in [4.78, 5) is 20.5. The van der Waals surface area contributed by atoms with Gasteiger partial charge >= 0.3 is 0 Å². The zero-order chi connectivity index (χ0) is 25.2. The average Bonchev–Trinajstić information content (AvgIpc) is 3.39. The maximum Gasteiger partial charge on any atom is 0.235 e. The van der Waals surface area contributed by atoms with E-state index in [1.165, 1.54) is 27.4 Å². The van der Waals surface area contributed by atoms with Crippen LogP contribution in [-0.2, 0) is 10.3 Å². The first-order valence-corrected chi connectivity index (χ1v) is 11.9. The number of nitrogens with zero attached hydrogens (tertiary/aromatic N) is 4. The summed E-state index contributed by atoms with van der Waals surface area (Å²) in [5.74, 6) is 5.78. The zero-order valence-corrected chi connectivity index (χ0v) is 20.4. The molecule has 1 amide bonds. The molecular formula is C26H27N7OS. The van der Waals surface area contributed by atoms with E-state index in [9.17, 15) is 10.1 Å². The molecule has 3 aromatic rings. The highest BCUT2D eigenvalue weighted by Gasteiger charge is 2.47. The van der Waals surface area contributed by atoms with Gasteiger partial charge in [0.15, 0.2) is 5.96 Å². The van der Waals surface area contributed by atoms with E-state index in [4.69, 9.17) is 22.3 Å². The highest BCUT2D eigenvalue weighted by Crippen LogP contribution is 2.45. The normalized spacial score (nSPS) is 20.3. The number of allylic oxidation sites excluding steroid dienone is 1. The topological polar surface area (TPSA) is 138 Å². The Bertz CT molecular complexity index is 1340. The molecule has 0 spiro atoms. The van der Waals surface area contributed by atoms with E-state index in [1.807, 2.05) is 66.9 Å². The molecule has 1 aromatic heterocycles. The third-order valence-corrected chi connectivity index (χ3v) is 7.53. The number of nitriles is 1. The monoisotopic (exact) mass is 485 g/mol. The minimum Gasteiger partial charge on any atom is -0.403 e. The van der Waals surface area contributed by atoms with E-state index in [0.29, 0.717) is 11.3 Å². The van der Waals surface area contributed by atoms with Gasteiger partial charge in [0.25, 0.3) is 0 Å². The number of hydrogen-bond donors (Lipinski definition) is 3. The minimum atomic E-state index is -0.935. The molecule has 0 bridgehead atoms. The molecule has 2 heterocycles. The number of thiophene rings is 1. The van der Waals surface area contributed by atoms with Gasteiger partial charge in [-0.2, -0.15) is 5.26 Å². The molecular weight excluding hydrogens is 458 g/mol. The lowest BCUT2D eigenvalue weighted by Crippen LogP contribution is -2.54. The molecule has 0 fully saturated rings. The van der Waals surface area contributed by atoms with Crippen molar-refractivity contribution >= 4 is 28.9 Å². The third-order valence-electron chi connectivity index (χ3n) is 6.37. The summed E-state index contributed by atoms with van der Waals surface area (Å²) in [5.41, 5.74) is 15.0. The highest BCUT2D eigenvalue weighted by atomic mass is 32.1.